The molecule has 0 fully saturated rings. The third kappa shape index (κ3) is 5.58. The van der Waals surface area contributed by atoms with Gasteiger partial charge in [0.15, 0.2) is 5.84 Å². The Morgan fingerprint density at radius 3 is 2.25 bits per heavy atom. The number of carbonyl (C=O) groups is 1. The van der Waals surface area contributed by atoms with Crippen molar-refractivity contribution in [3.8, 4) is 0 Å². The average molecular weight is 229 g/mol. The number of nitrogens with zero attached hydrogens (tertiary/aromatic N) is 2. The van der Waals surface area contributed by atoms with E-state index in [1.54, 1.807) is 4.90 Å². The predicted molar refractivity (Wildman–Crippen MR) is 64.3 cm³/mol. The highest BCUT2D eigenvalue weighted by molar-refractivity contribution is 5.87. The number of oxime groups is 1. The summed E-state index contributed by atoms with van der Waals surface area (Å²) in [5, 5.41) is 11.4. The first kappa shape index (κ1) is 14.7. The fourth-order valence-electron chi connectivity index (χ4n) is 1.32. The molecule has 0 aliphatic carbocycles. The molecule has 5 heteroatoms. The maximum Gasteiger partial charge on any atom is 0.223 e. The molecule has 16 heavy (non-hydrogen) atoms. The van der Waals surface area contributed by atoms with Crippen LogP contribution in [0.15, 0.2) is 5.16 Å². The third-order valence-electron chi connectivity index (χ3n) is 2.09. The van der Waals surface area contributed by atoms with Crippen LogP contribution in [0.4, 0.5) is 0 Å². The lowest BCUT2D eigenvalue weighted by Gasteiger charge is -2.29. The Hall–Kier alpha value is -1.26. The number of nitrogens with two attached hydrogens (primary N) is 1. The molecule has 0 heterocycles. The highest BCUT2D eigenvalue weighted by atomic mass is 16.4. The number of amidine groups is 1. The average Bonchev–Trinajstić information content (AvgIpc) is 2.09. The quantitative estimate of drug-likeness (QED) is 0.331. The summed E-state index contributed by atoms with van der Waals surface area (Å²) in [7, 11) is 0. The van der Waals surface area contributed by atoms with Crippen LogP contribution in [0.25, 0.3) is 0 Å². The normalized spacial score (nSPS) is 13.0. The van der Waals surface area contributed by atoms with Gasteiger partial charge in [0.2, 0.25) is 5.91 Å². The molecule has 0 saturated heterocycles. The van der Waals surface area contributed by atoms with Gasteiger partial charge in [0.05, 0.1) is 6.54 Å². The zero-order valence-corrected chi connectivity index (χ0v) is 10.8. The Labute approximate surface area is 97.3 Å². The first-order valence-electron chi connectivity index (χ1n) is 5.43. The van der Waals surface area contributed by atoms with Crippen molar-refractivity contribution in [2.75, 3.05) is 6.54 Å². The second-order valence-corrected chi connectivity index (χ2v) is 5.44. The van der Waals surface area contributed by atoms with Crippen molar-refractivity contribution < 1.29 is 10.0 Å². The zero-order valence-electron chi connectivity index (χ0n) is 10.8. The third-order valence-corrected chi connectivity index (χ3v) is 2.09. The van der Waals surface area contributed by atoms with Gasteiger partial charge in [0.1, 0.15) is 0 Å². The fourth-order valence-corrected chi connectivity index (χ4v) is 1.32. The van der Waals surface area contributed by atoms with E-state index >= 15 is 0 Å². The van der Waals surface area contributed by atoms with Gasteiger partial charge in [-0.05, 0) is 19.3 Å². The zero-order chi connectivity index (χ0) is 12.9. The largest absolute Gasteiger partial charge is 0.409 e. The smallest absolute Gasteiger partial charge is 0.223 e. The van der Waals surface area contributed by atoms with Gasteiger partial charge in [-0.15, -0.1) is 0 Å². The maximum atomic E-state index is 12.0. The monoisotopic (exact) mass is 229 g/mol. The second-order valence-electron chi connectivity index (χ2n) is 5.44. The van der Waals surface area contributed by atoms with Gasteiger partial charge in [-0.25, -0.2) is 0 Å². The molecular weight excluding hydrogens is 206 g/mol. The van der Waals surface area contributed by atoms with Crippen LogP contribution in [0.1, 0.15) is 41.0 Å². The summed E-state index contributed by atoms with van der Waals surface area (Å²) in [6.07, 6.45) is 0.448. The maximum absolute atomic E-state index is 12.0. The van der Waals surface area contributed by atoms with Crippen LogP contribution < -0.4 is 5.73 Å². The summed E-state index contributed by atoms with van der Waals surface area (Å²) >= 11 is 0. The van der Waals surface area contributed by atoms with E-state index in [4.69, 9.17) is 10.9 Å². The topological polar surface area (TPSA) is 78.9 Å². The van der Waals surface area contributed by atoms with Crippen LogP contribution in [-0.2, 0) is 4.79 Å². The molecule has 0 atom stereocenters. The van der Waals surface area contributed by atoms with Crippen molar-refractivity contribution in [1.82, 2.24) is 4.90 Å². The van der Waals surface area contributed by atoms with E-state index in [0.717, 1.165) is 0 Å². The van der Waals surface area contributed by atoms with Crippen LogP contribution in [0.2, 0.25) is 0 Å². The lowest BCUT2D eigenvalue weighted by molar-refractivity contribution is -0.133. The van der Waals surface area contributed by atoms with Gasteiger partial charge < -0.3 is 15.8 Å². The molecule has 0 spiro atoms. The van der Waals surface area contributed by atoms with E-state index < -0.39 is 0 Å². The highest BCUT2D eigenvalue weighted by Crippen LogP contribution is 2.20. The fraction of sp³-hybridized carbons (Fsp3) is 0.818. The minimum Gasteiger partial charge on any atom is -0.409 e. The van der Waals surface area contributed by atoms with Gasteiger partial charge >= 0.3 is 0 Å². The van der Waals surface area contributed by atoms with E-state index in [0.29, 0.717) is 6.42 Å². The first-order valence-corrected chi connectivity index (χ1v) is 5.43. The molecule has 0 aromatic carbocycles. The van der Waals surface area contributed by atoms with Crippen LogP contribution in [-0.4, -0.2) is 34.4 Å². The SMILES string of the molecule is CC(C)N(CC(N)=NO)C(=O)CC(C)(C)C. The number of carbonyl (C=O) groups excluding carboxylic acids is 1. The van der Waals surface area contributed by atoms with Crippen LogP contribution in [0.3, 0.4) is 0 Å². The van der Waals surface area contributed by atoms with E-state index in [-0.39, 0.29) is 29.7 Å². The van der Waals surface area contributed by atoms with Crippen molar-refractivity contribution in [1.29, 1.82) is 0 Å². The lowest BCUT2D eigenvalue weighted by Crippen LogP contribution is -2.44. The van der Waals surface area contributed by atoms with Gasteiger partial charge in [-0.1, -0.05) is 25.9 Å². The van der Waals surface area contributed by atoms with Crippen molar-refractivity contribution in [3.63, 3.8) is 0 Å². The summed E-state index contributed by atoms with van der Waals surface area (Å²) < 4.78 is 0. The van der Waals surface area contributed by atoms with Crippen molar-refractivity contribution in [2.45, 2.75) is 47.1 Å². The predicted octanol–water partition coefficient (Wildman–Crippen LogP) is 1.41. The van der Waals surface area contributed by atoms with Gasteiger partial charge in [-0.3, -0.25) is 4.79 Å². The van der Waals surface area contributed by atoms with Crippen molar-refractivity contribution in [3.05, 3.63) is 0 Å². The van der Waals surface area contributed by atoms with E-state index in [9.17, 15) is 4.79 Å². The molecule has 0 aromatic rings. The summed E-state index contributed by atoms with van der Waals surface area (Å²) in [5.41, 5.74) is 5.36. The van der Waals surface area contributed by atoms with E-state index in [1.807, 2.05) is 34.6 Å². The van der Waals surface area contributed by atoms with Crippen LogP contribution in [0.5, 0.6) is 0 Å². The summed E-state index contributed by atoms with van der Waals surface area (Å²) in [4.78, 5) is 13.6. The molecule has 1 amide bonds. The number of hydrogen-bond acceptors (Lipinski definition) is 3. The molecule has 5 nitrogen and oxygen atoms in total. The lowest BCUT2D eigenvalue weighted by atomic mass is 9.91. The highest BCUT2D eigenvalue weighted by Gasteiger charge is 2.23. The molecule has 0 radical (unpaired) electrons. The van der Waals surface area contributed by atoms with Gasteiger partial charge in [-0.2, -0.15) is 0 Å². The van der Waals surface area contributed by atoms with E-state index in [1.165, 1.54) is 0 Å². The van der Waals surface area contributed by atoms with Gasteiger partial charge in [0.25, 0.3) is 0 Å². The van der Waals surface area contributed by atoms with Crippen molar-refractivity contribution in [2.24, 2.45) is 16.3 Å². The molecular formula is C11H23N3O2. The first-order chi connectivity index (χ1) is 7.17. The van der Waals surface area contributed by atoms with E-state index in [2.05, 4.69) is 5.16 Å². The molecule has 0 aliphatic heterocycles. The molecule has 94 valence electrons. The minimum atomic E-state index is -0.0602. The molecule has 0 bridgehead atoms. The van der Waals surface area contributed by atoms with Gasteiger partial charge in [0, 0.05) is 12.5 Å². The molecule has 0 unspecified atom stereocenters. The molecule has 0 aliphatic rings. The van der Waals surface area contributed by atoms with Crippen LogP contribution >= 0.6 is 0 Å². The number of rotatable bonds is 4. The summed E-state index contributed by atoms with van der Waals surface area (Å²) in [5.74, 6) is 0.0741. The Balaban J connectivity index is 4.61. The molecule has 0 aromatic heterocycles. The Kier molecular flexibility index (Phi) is 5.27. The molecule has 3 N–H and O–H groups in total. The summed E-state index contributed by atoms with van der Waals surface area (Å²) in [6.45, 7) is 10.0. The Morgan fingerprint density at radius 2 is 1.94 bits per heavy atom. The Morgan fingerprint density at radius 1 is 1.44 bits per heavy atom. The van der Waals surface area contributed by atoms with Crippen LogP contribution in [0, 0.1) is 5.41 Å². The van der Waals surface area contributed by atoms with Crippen molar-refractivity contribution >= 4 is 11.7 Å². The second kappa shape index (κ2) is 5.72. The minimum absolute atomic E-state index is 0.0223. The Bertz CT molecular complexity index is 267. The standard InChI is InChI=1S/C11H23N3O2/c1-8(2)14(7-9(12)13-16)10(15)6-11(3,4)5/h8,16H,6-7H2,1-5H3,(H2,12,13). The molecule has 0 rings (SSSR count). The summed E-state index contributed by atoms with van der Waals surface area (Å²) in [6, 6.07) is 0.0372. The molecule has 0 saturated carbocycles. The number of amides is 1. The number of hydrogen-bond donors (Lipinski definition) is 2.